The fraction of sp³-hybridized carbons (Fsp3) is 0.238. The first kappa shape index (κ1) is 22.6. The molecule has 2 aromatic carbocycles. The van der Waals surface area contributed by atoms with Crippen LogP contribution >= 0.6 is 11.6 Å². The molecule has 0 aliphatic carbocycles. The number of carbonyl (C=O) groups is 1. The highest BCUT2D eigenvalue weighted by molar-refractivity contribution is 6.33. The van der Waals surface area contributed by atoms with Gasteiger partial charge in [-0.15, -0.1) is 0 Å². The quantitative estimate of drug-likeness (QED) is 0.379. The first-order valence-corrected chi connectivity index (χ1v) is 9.30. The van der Waals surface area contributed by atoms with Gasteiger partial charge in [-0.05, 0) is 18.2 Å². The number of hydrogen-bond acceptors (Lipinski definition) is 6. The van der Waals surface area contributed by atoms with E-state index in [2.05, 4.69) is 0 Å². The number of alkyl halides is 3. The lowest BCUT2D eigenvalue weighted by atomic mass is 10.0. The van der Waals surface area contributed by atoms with Crippen LogP contribution in [0.1, 0.15) is 5.76 Å². The Morgan fingerprint density at radius 2 is 1.87 bits per heavy atom. The van der Waals surface area contributed by atoms with E-state index >= 15 is 0 Å². The standard InChI is InChI=1S/C21H16ClF3O6/c1-28-8-9-29-17(26)11-30-12-6-7-14-16(10-12)31-20(21(23,24)25)18(19(14)27)13-4-2-3-5-15(13)22/h2-7,10H,8-9,11H2,1H3. The van der Waals surface area contributed by atoms with Gasteiger partial charge in [-0.2, -0.15) is 13.2 Å². The number of benzene rings is 2. The van der Waals surface area contributed by atoms with Crippen LogP contribution < -0.4 is 10.2 Å². The van der Waals surface area contributed by atoms with Crippen molar-refractivity contribution in [3.05, 3.63) is 63.5 Å². The van der Waals surface area contributed by atoms with Crippen LogP contribution in [0.25, 0.3) is 22.1 Å². The molecule has 6 nitrogen and oxygen atoms in total. The zero-order chi connectivity index (χ0) is 22.6. The number of halogens is 4. The summed E-state index contributed by atoms with van der Waals surface area (Å²) in [5, 5.41) is -0.121. The highest BCUT2D eigenvalue weighted by Gasteiger charge is 2.39. The summed E-state index contributed by atoms with van der Waals surface area (Å²) in [6, 6.07) is 9.38. The summed E-state index contributed by atoms with van der Waals surface area (Å²) in [6.45, 7) is -0.241. The van der Waals surface area contributed by atoms with E-state index in [0.29, 0.717) is 0 Å². The molecule has 0 aliphatic rings. The third-order valence-electron chi connectivity index (χ3n) is 4.17. The fourth-order valence-electron chi connectivity index (χ4n) is 2.79. The summed E-state index contributed by atoms with van der Waals surface area (Å²) >= 11 is 6.03. The second-order valence-corrected chi connectivity index (χ2v) is 6.68. The Morgan fingerprint density at radius 3 is 2.55 bits per heavy atom. The van der Waals surface area contributed by atoms with E-state index in [4.69, 9.17) is 30.2 Å². The van der Waals surface area contributed by atoms with Crippen molar-refractivity contribution in [2.75, 3.05) is 26.9 Å². The van der Waals surface area contributed by atoms with Gasteiger partial charge >= 0.3 is 12.1 Å². The lowest BCUT2D eigenvalue weighted by Gasteiger charge is -2.14. The molecule has 0 amide bonds. The molecule has 1 aromatic heterocycles. The average molecular weight is 457 g/mol. The molecule has 0 fully saturated rings. The highest BCUT2D eigenvalue weighted by atomic mass is 35.5. The van der Waals surface area contributed by atoms with Crippen molar-refractivity contribution < 1.29 is 36.6 Å². The predicted molar refractivity (Wildman–Crippen MR) is 106 cm³/mol. The Balaban J connectivity index is 2.01. The summed E-state index contributed by atoms with van der Waals surface area (Å²) in [5.74, 6) is -2.14. The van der Waals surface area contributed by atoms with E-state index in [1.165, 1.54) is 43.5 Å². The third-order valence-corrected chi connectivity index (χ3v) is 4.50. The van der Waals surface area contributed by atoms with Crippen molar-refractivity contribution in [2.24, 2.45) is 0 Å². The molecule has 0 bridgehead atoms. The molecule has 0 spiro atoms. The minimum atomic E-state index is -4.95. The van der Waals surface area contributed by atoms with Crippen LogP contribution in [0.4, 0.5) is 13.2 Å². The maximum absolute atomic E-state index is 13.7. The van der Waals surface area contributed by atoms with Gasteiger partial charge < -0.3 is 18.6 Å². The Labute approximate surface area is 179 Å². The van der Waals surface area contributed by atoms with E-state index in [0.717, 1.165) is 6.07 Å². The van der Waals surface area contributed by atoms with Gasteiger partial charge in [-0.25, -0.2) is 4.79 Å². The van der Waals surface area contributed by atoms with Crippen molar-refractivity contribution in [3.63, 3.8) is 0 Å². The number of hydrogen-bond donors (Lipinski definition) is 0. The first-order valence-electron chi connectivity index (χ1n) is 8.92. The summed E-state index contributed by atoms with van der Waals surface area (Å²) in [4.78, 5) is 24.5. The van der Waals surface area contributed by atoms with Gasteiger partial charge in [0.05, 0.1) is 17.6 Å². The average Bonchev–Trinajstić information content (AvgIpc) is 2.72. The number of methoxy groups -OCH3 is 1. The number of ether oxygens (including phenoxy) is 3. The van der Waals surface area contributed by atoms with E-state index in [1.807, 2.05) is 0 Å². The third kappa shape index (κ3) is 5.18. The molecule has 0 saturated heterocycles. The van der Waals surface area contributed by atoms with E-state index in [-0.39, 0.29) is 40.5 Å². The minimum Gasteiger partial charge on any atom is -0.482 e. The number of rotatable bonds is 7. The summed E-state index contributed by atoms with van der Waals surface area (Å²) in [5.41, 5.74) is -2.02. The first-order chi connectivity index (χ1) is 14.7. The van der Waals surface area contributed by atoms with Crippen LogP contribution in [0, 0.1) is 0 Å². The molecule has 3 rings (SSSR count). The maximum Gasteiger partial charge on any atom is 0.450 e. The van der Waals surface area contributed by atoms with E-state index < -0.39 is 35.5 Å². The van der Waals surface area contributed by atoms with Crippen molar-refractivity contribution in [1.29, 1.82) is 0 Å². The van der Waals surface area contributed by atoms with Gasteiger partial charge in [0.2, 0.25) is 11.2 Å². The maximum atomic E-state index is 13.7. The second-order valence-electron chi connectivity index (χ2n) is 6.27. The van der Waals surface area contributed by atoms with Crippen LogP contribution in [0.3, 0.4) is 0 Å². The summed E-state index contributed by atoms with van der Waals surface area (Å²) < 4.78 is 61.0. The topological polar surface area (TPSA) is 75.0 Å². The molecule has 31 heavy (non-hydrogen) atoms. The van der Waals surface area contributed by atoms with Gasteiger partial charge in [-0.1, -0.05) is 29.8 Å². The van der Waals surface area contributed by atoms with Gasteiger partial charge in [0.1, 0.15) is 17.9 Å². The fourth-order valence-corrected chi connectivity index (χ4v) is 3.02. The van der Waals surface area contributed by atoms with Crippen LogP contribution in [0.15, 0.2) is 51.7 Å². The molecule has 1 heterocycles. The monoisotopic (exact) mass is 456 g/mol. The SMILES string of the molecule is COCCOC(=O)COc1ccc2c(=O)c(-c3ccccc3Cl)c(C(F)(F)F)oc2c1. The van der Waals surface area contributed by atoms with Crippen molar-refractivity contribution >= 4 is 28.5 Å². The second kappa shape index (κ2) is 9.40. The Hall–Kier alpha value is -3.04. The summed E-state index contributed by atoms with van der Waals surface area (Å²) in [7, 11) is 1.44. The zero-order valence-corrected chi connectivity index (χ0v) is 16.9. The number of carbonyl (C=O) groups excluding carboxylic acids is 1. The molecule has 164 valence electrons. The molecule has 0 unspecified atom stereocenters. The largest absolute Gasteiger partial charge is 0.482 e. The van der Waals surface area contributed by atoms with Crippen LogP contribution in [0.5, 0.6) is 5.75 Å². The van der Waals surface area contributed by atoms with E-state index in [1.54, 1.807) is 0 Å². The minimum absolute atomic E-state index is 0.0217. The smallest absolute Gasteiger partial charge is 0.450 e. The van der Waals surface area contributed by atoms with Gasteiger partial charge in [-0.3, -0.25) is 4.79 Å². The molecule has 0 atom stereocenters. The molecule has 3 aromatic rings. The summed E-state index contributed by atoms with van der Waals surface area (Å²) in [6.07, 6.45) is -4.95. The lowest BCUT2D eigenvalue weighted by molar-refractivity contribution is -0.152. The molecule has 0 radical (unpaired) electrons. The Bertz CT molecular complexity index is 1160. The Morgan fingerprint density at radius 1 is 1.13 bits per heavy atom. The van der Waals surface area contributed by atoms with Crippen LogP contribution in [-0.4, -0.2) is 32.9 Å². The van der Waals surface area contributed by atoms with Crippen molar-refractivity contribution in [2.45, 2.75) is 6.18 Å². The van der Waals surface area contributed by atoms with E-state index in [9.17, 15) is 22.8 Å². The van der Waals surface area contributed by atoms with Crippen LogP contribution in [-0.2, 0) is 20.4 Å². The van der Waals surface area contributed by atoms with Gasteiger partial charge in [0.25, 0.3) is 0 Å². The molecule has 0 N–H and O–H groups in total. The molecular weight excluding hydrogens is 441 g/mol. The lowest BCUT2D eigenvalue weighted by Crippen LogP contribution is -2.18. The Kier molecular flexibility index (Phi) is 6.87. The number of esters is 1. The molecule has 10 heteroatoms. The molecule has 0 aliphatic heterocycles. The normalized spacial score (nSPS) is 11.5. The molecule has 0 saturated carbocycles. The zero-order valence-electron chi connectivity index (χ0n) is 16.1. The predicted octanol–water partition coefficient (Wildman–Crippen LogP) is 4.70. The van der Waals surface area contributed by atoms with Crippen molar-refractivity contribution in [1.82, 2.24) is 0 Å². The van der Waals surface area contributed by atoms with Crippen LogP contribution in [0.2, 0.25) is 5.02 Å². The highest BCUT2D eigenvalue weighted by Crippen LogP contribution is 2.39. The number of fused-ring (bicyclic) bond motifs is 1. The van der Waals surface area contributed by atoms with Gasteiger partial charge in [0.15, 0.2) is 6.61 Å². The van der Waals surface area contributed by atoms with Crippen molar-refractivity contribution in [3.8, 4) is 16.9 Å². The van der Waals surface area contributed by atoms with Gasteiger partial charge in [0, 0.05) is 23.8 Å². The molecular formula is C21H16ClF3O6.